The van der Waals surface area contributed by atoms with Gasteiger partial charge < -0.3 is 10.6 Å². The third kappa shape index (κ3) is 4.64. The third-order valence-electron chi connectivity index (χ3n) is 4.61. The molecular formula is C15H29ClN2O. The van der Waals surface area contributed by atoms with Gasteiger partial charge in [0, 0.05) is 18.5 Å². The molecule has 2 aliphatic rings. The second kappa shape index (κ2) is 8.80. The number of halogens is 1. The van der Waals surface area contributed by atoms with Gasteiger partial charge in [-0.1, -0.05) is 25.7 Å². The van der Waals surface area contributed by atoms with Crippen LogP contribution in [0.2, 0.25) is 0 Å². The van der Waals surface area contributed by atoms with E-state index < -0.39 is 0 Å². The monoisotopic (exact) mass is 288 g/mol. The summed E-state index contributed by atoms with van der Waals surface area (Å²) >= 11 is 0. The summed E-state index contributed by atoms with van der Waals surface area (Å²) in [5.41, 5.74) is 5.69. The van der Waals surface area contributed by atoms with Crippen LogP contribution in [-0.4, -0.2) is 29.9 Å². The van der Waals surface area contributed by atoms with Gasteiger partial charge in [-0.25, -0.2) is 0 Å². The van der Waals surface area contributed by atoms with E-state index in [0.29, 0.717) is 24.4 Å². The van der Waals surface area contributed by atoms with Crippen LogP contribution in [-0.2, 0) is 4.79 Å². The molecule has 0 aromatic rings. The molecular weight excluding hydrogens is 260 g/mol. The van der Waals surface area contributed by atoms with Crippen LogP contribution in [0.15, 0.2) is 0 Å². The second-order valence-electron chi connectivity index (χ2n) is 5.95. The molecule has 0 bridgehead atoms. The highest BCUT2D eigenvalue weighted by molar-refractivity contribution is 5.85. The number of rotatable bonds is 3. The first kappa shape index (κ1) is 16.8. The molecule has 1 aliphatic heterocycles. The first-order valence-corrected chi connectivity index (χ1v) is 7.83. The molecule has 0 aromatic heterocycles. The van der Waals surface area contributed by atoms with Gasteiger partial charge in [0.25, 0.3) is 0 Å². The Morgan fingerprint density at radius 2 is 1.63 bits per heavy atom. The molecule has 1 saturated carbocycles. The SMILES string of the molecule is Cl.NCCC1CCCCN1C(=O)C1CCCCCC1. The number of hydrogen-bond acceptors (Lipinski definition) is 2. The summed E-state index contributed by atoms with van der Waals surface area (Å²) in [6, 6.07) is 0.430. The molecule has 0 aromatic carbocycles. The van der Waals surface area contributed by atoms with Gasteiger partial charge in [0.2, 0.25) is 5.91 Å². The van der Waals surface area contributed by atoms with Crippen molar-refractivity contribution in [1.29, 1.82) is 0 Å². The molecule has 1 heterocycles. The Morgan fingerprint density at radius 1 is 1.00 bits per heavy atom. The van der Waals surface area contributed by atoms with E-state index in [4.69, 9.17) is 5.73 Å². The summed E-state index contributed by atoms with van der Waals surface area (Å²) in [7, 11) is 0. The normalized spacial score (nSPS) is 25.5. The zero-order chi connectivity index (χ0) is 12.8. The summed E-state index contributed by atoms with van der Waals surface area (Å²) in [6.45, 7) is 1.68. The Bertz CT molecular complexity index is 263. The fourth-order valence-electron chi connectivity index (χ4n) is 3.54. The Morgan fingerprint density at radius 3 is 2.26 bits per heavy atom. The fourth-order valence-corrected chi connectivity index (χ4v) is 3.54. The molecule has 1 atom stereocenters. The van der Waals surface area contributed by atoms with Crippen molar-refractivity contribution in [1.82, 2.24) is 4.90 Å². The largest absolute Gasteiger partial charge is 0.339 e. The maximum atomic E-state index is 12.7. The standard InChI is InChI=1S/C15H28N2O.ClH/c16-11-10-14-9-5-6-12-17(14)15(18)13-7-3-1-2-4-8-13;/h13-14H,1-12,16H2;1H. The maximum absolute atomic E-state index is 12.7. The van der Waals surface area contributed by atoms with Crippen molar-refractivity contribution in [2.45, 2.75) is 70.3 Å². The van der Waals surface area contributed by atoms with Crippen LogP contribution in [0.4, 0.5) is 0 Å². The Hall–Kier alpha value is -0.280. The summed E-state index contributed by atoms with van der Waals surface area (Å²) in [5, 5.41) is 0. The molecule has 0 spiro atoms. The predicted molar refractivity (Wildman–Crippen MR) is 81.5 cm³/mol. The van der Waals surface area contributed by atoms with Crippen LogP contribution >= 0.6 is 12.4 Å². The van der Waals surface area contributed by atoms with Crippen molar-refractivity contribution in [2.75, 3.05) is 13.1 Å². The number of carbonyl (C=O) groups is 1. The summed E-state index contributed by atoms with van der Waals surface area (Å²) < 4.78 is 0. The molecule has 1 saturated heterocycles. The predicted octanol–water partition coefficient (Wildman–Crippen LogP) is 3.11. The van der Waals surface area contributed by atoms with Crippen molar-refractivity contribution in [3.63, 3.8) is 0 Å². The first-order chi connectivity index (χ1) is 8.83. The number of likely N-dealkylation sites (tertiary alicyclic amines) is 1. The number of hydrogen-bond donors (Lipinski definition) is 1. The lowest BCUT2D eigenvalue weighted by molar-refractivity contribution is -0.139. The number of nitrogens with zero attached hydrogens (tertiary/aromatic N) is 1. The molecule has 1 amide bonds. The van der Waals surface area contributed by atoms with Gasteiger partial charge in [-0.3, -0.25) is 4.79 Å². The van der Waals surface area contributed by atoms with Crippen LogP contribution in [0.1, 0.15) is 64.2 Å². The van der Waals surface area contributed by atoms with E-state index in [9.17, 15) is 4.79 Å². The van der Waals surface area contributed by atoms with Crippen molar-refractivity contribution in [3.05, 3.63) is 0 Å². The van der Waals surface area contributed by atoms with Gasteiger partial charge in [-0.05, 0) is 45.1 Å². The van der Waals surface area contributed by atoms with Crippen molar-refractivity contribution < 1.29 is 4.79 Å². The number of piperidine rings is 1. The van der Waals surface area contributed by atoms with Crippen LogP contribution in [0, 0.1) is 5.92 Å². The third-order valence-corrected chi connectivity index (χ3v) is 4.61. The lowest BCUT2D eigenvalue weighted by Crippen LogP contribution is -2.47. The first-order valence-electron chi connectivity index (χ1n) is 7.83. The Kier molecular flexibility index (Phi) is 7.77. The summed E-state index contributed by atoms with van der Waals surface area (Å²) in [5.74, 6) is 0.751. The van der Waals surface area contributed by atoms with Crippen LogP contribution in [0.5, 0.6) is 0 Å². The van der Waals surface area contributed by atoms with Crippen molar-refractivity contribution in [2.24, 2.45) is 11.7 Å². The molecule has 112 valence electrons. The smallest absolute Gasteiger partial charge is 0.225 e. The molecule has 1 unspecified atom stereocenters. The van der Waals surface area contributed by atoms with Crippen LogP contribution in [0.25, 0.3) is 0 Å². The minimum absolute atomic E-state index is 0. The van der Waals surface area contributed by atoms with Gasteiger partial charge in [-0.2, -0.15) is 0 Å². The van der Waals surface area contributed by atoms with E-state index >= 15 is 0 Å². The molecule has 19 heavy (non-hydrogen) atoms. The summed E-state index contributed by atoms with van der Waals surface area (Å²) in [6.07, 6.45) is 11.9. The van der Waals surface area contributed by atoms with Gasteiger partial charge in [0.05, 0.1) is 0 Å². The number of nitrogens with two attached hydrogens (primary N) is 1. The topological polar surface area (TPSA) is 46.3 Å². The zero-order valence-electron chi connectivity index (χ0n) is 12.0. The molecule has 2 rings (SSSR count). The van der Waals surface area contributed by atoms with Gasteiger partial charge in [0.15, 0.2) is 0 Å². The van der Waals surface area contributed by atoms with Crippen molar-refractivity contribution in [3.8, 4) is 0 Å². The number of amides is 1. The Balaban J connectivity index is 0.00000180. The highest BCUT2D eigenvalue weighted by atomic mass is 35.5. The molecule has 4 heteroatoms. The lowest BCUT2D eigenvalue weighted by Gasteiger charge is -2.37. The average molecular weight is 289 g/mol. The Labute approximate surface area is 123 Å². The second-order valence-corrected chi connectivity index (χ2v) is 5.95. The maximum Gasteiger partial charge on any atom is 0.225 e. The highest BCUT2D eigenvalue weighted by Crippen LogP contribution is 2.28. The van der Waals surface area contributed by atoms with Crippen molar-refractivity contribution >= 4 is 18.3 Å². The van der Waals surface area contributed by atoms with E-state index in [-0.39, 0.29) is 12.4 Å². The van der Waals surface area contributed by atoms with E-state index in [1.165, 1.54) is 38.5 Å². The molecule has 1 aliphatic carbocycles. The molecule has 0 radical (unpaired) electrons. The molecule has 3 nitrogen and oxygen atoms in total. The minimum Gasteiger partial charge on any atom is -0.339 e. The van der Waals surface area contributed by atoms with Gasteiger partial charge >= 0.3 is 0 Å². The van der Waals surface area contributed by atoms with Crippen LogP contribution < -0.4 is 5.73 Å². The quantitative estimate of drug-likeness (QED) is 0.811. The minimum atomic E-state index is 0. The lowest BCUT2D eigenvalue weighted by atomic mass is 9.93. The highest BCUT2D eigenvalue weighted by Gasteiger charge is 2.31. The van der Waals surface area contributed by atoms with Gasteiger partial charge in [-0.15, -0.1) is 12.4 Å². The fraction of sp³-hybridized carbons (Fsp3) is 0.933. The zero-order valence-corrected chi connectivity index (χ0v) is 12.8. The van der Waals surface area contributed by atoms with E-state index in [1.807, 2.05) is 0 Å². The molecule has 2 N–H and O–H groups in total. The van der Waals surface area contributed by atoms with E-state index in [1.54, 1.807) is 0 Å². The average Bonchev–Trinajstić information content (AvgIpc) is 2.68. The van der Waals surface area contributed by atoms with E-state index in [2.05, 4.69) is 4.90 Å². The van der Waals surface area contributed by atoms with E-state index in [0.717, 1.165) is 32.2 Å². The molecule has 2 fully saturated rings. The van der Waals surface area contributed by atoms with Crippen LogP contribution in [0.3, 0.4) is 0 Å². The van der Waals surface area contributed by atoms with Gasteiger partial charge in [0.1, 0.15) is 0 Å². The number of carbonyl (C=O) groups excluding carboxylic acids is 1. The summed E-state index contributed by atoms with van der Waals surface area (Å²) in [4.78, 5) is 14.8.